The minimum Gasteiger partial charge on any atom is -0.391 e. The van der Waals surface area contributed by atoms with Crippen molar-refractivity contribution in [1.82, 2.24) is 20.1 Å². The Morgan fingerprint density at radius 2 is 1.88 bits per heavy atom. The van der Waals surface area contributed by atoms with E-state index in [2.05, 4.69) is 10.3 Å². The SMILES string of the molecule is Cc1ncsc1-c1ccc([C@]2(C)N=C(C3C[C@@H](O)CN3C(=O)[C@H](C(C)C)N3Cc4ccccc4C3=O)NC2=O)cc1. The summed E-state index contributed by atoms with van der Waals surface area (Å²) in [4.78, 5) is 54.2. The maximum Gasteiger partial charge on any atom is 0.257 e. The summed E-state index contributed by atoms with van der Waals surface area (Å²) >= 11 is 1.57. The highest BCUT2D eigenvalue weighted by atomic mass is 32.1. The third kappa shape index (κ3) is 4.55. The van der Waals surface area contributed by atoms with Crippen LogP contribution in [0.5, 0.6) is 0 Å². The van der Waals surface area contributed by atoms with Gasteiger partial charge in [0, 0.05) is 25.1 Å². The van der Waals surface area contributed by atoms with Crippen LogP contribution < -0.4 is 5.32 Å². The van der Waals surface area contributed by atoms with Gasteiger partial charge in [0.2, 0.25) is 5.91 Å². The van der Waals surface area contributed by atoms with Crippen molar-refractivity contribution in [3.8, 4) is 10.4 Å². The number of fused-ring (bicyclic) bond motifs is 1. The Bertz CT molecular complexity index is 1560. The summed E-state index contributed by atoms with van der Waals surface area (Å²) in [5.41, 5.74) is 4.85. The molecule has 1 fully saturated rings. The average Bonchev–Trinajstić information content (AvgIpc) is 3.71. The van der Waals surface area contributed by atoms with Gasteiger partial charge in [0.1, 0.15) is 11.9 Å². The van der Waals surface area contributed by atoms with Crippen LogP contribution in [0.1, 0.15) is 54.4 Å². The molecule has 1 aromatic heterocycles. The number of aromatic nitrogens is 1. The van der Waals surface area contributed by atoms with E-state index < -0.39 is 23.7 Å². The van der Waals surface area contributed by atoms with Gasteiger partial charge in [-0.05, 0) is 42.5 Å². The van der Waals surface area contributed by atoms with Crippen molar-refractivity contribution in [2.75, 3.05) is 6.54 Å². The zero-order valence-electron chi connectivity index (χ0n) is 23.5. The second-order valence-electron chi connectivity index (χ2n) is 11.5. The van der Waals surface area contributed by atoms with Gasteiger partial charge in [-0.25, -0.2) is 9.98 Å². The number of rotatable bonds is 6. The number of carbonyl (C=O) groups excluding carboxylic acids is 3. The van der Waals surface area contributed by atoms with E-state index in [0.717, 1.165) is 27.3 Å². The largest absolute Gasteiger partial charge is 0.391 e. The summed E-state index contributed by atoms with van der Waals surface area (Å²) in [7, 11) is 0. The Hall–Kier alpha value is -3.89. The number of aliphatic hydroxyl groups excluding tert-OH is 1. The van der Waals surface area contributed by atoms with Gasteiger partial charge in [-0.15, -0.1) is 11.3 Å². The van der Waals surface area contributed by atoms with Crippen LogP contribution in [0, 0.1) is 12.8 Å². The number of hydrogen-bond acceptors (Lipinski definition) is 7. The van der Waals surface area contributed by atoms with Crippen LogP contribution in [0.4, 0.5) is 0 Å². The average molecular weight is 572 g/mol. The highest BCUT2D eigenvalue weighted by molar-refractivity contribution is 7.13. The summed E-state index contributed by atoms with van der Waals surface area (Å²) < 4.78 is 0. The molecule has 41 heavy (non-hydrogen) atoms. The van der Waals surface area contributed by atoms with Crippen molar-refractivity contribution in [1.29, 1.82) is 0 Å². The molecular weight excluding hydrogens is 538 g/mol. The molecule has 1 unspecified atom stereocenters. The van der Waals surface area contributed by atoms with Crippen molar-refractivity contribution in [3.63, 3.8) is 0 Å². The zero-order valence-corrected chi connectivity index (χ0v) is 24.3. The van der Waals surface area contributed by atoms with Gasteiger partial charge in [0.15, 0.2) is 5.54 Å². The van der Waals surface area contributed by atoms with Gasteiger partial charge < -0.3 is 20.2 Å². The lowest BCUT2D eigenvalue weighted by Crippen LogP contribution is -2.55. The van der Waals surface area contributed by atoms with E-state index in [1.54, 1.807) is 34.1 Å². The molecule has 9 nitrogen and oxygen atoms in total. The van der Waals surface area contributed by atoms with Crippen molar-refractivity contribution in [3.05, 3.63) is 76.4 Å². The van der Waals surface area contributed by atoms with Crippen LogP contribution >= 0.6 is 11.3 Å². The summed E-state index contributed by atoms with van der Waals surface area (Å²) in [6.45, 7) is 8.03. The summed E-state index contributed by atoms with van der Waals surface area (Å²) in [6.07, 6.45) is -0.514. The van der Waals surface area contributed by atoms with E-state index in [-0.39, 0.29) is 36.6 Å². The number of aryl methyl sites for hydroxylation is 1. The molecule has 0 saturated carbocycles. The van der Waals surface area contributed by atoms with Crippen LogP contribution in [0.15, 0.2) is 59.0 Å². The first-order valence-electron chi connectivity index (χ1n) is 13.9. The van der Waals surface area contributed by atoms with Crippen LogP contribution in [-0.2, 0) is 21.7 Å². The number of hydrogen-bond donors (Lipinski definition) is 2. The number of likely N-dealkylation sites (tertiary alicyclic amines) is 1. The number of nitrogens with one attached hydrogen (secondary N) is 1. The number of aliphatic imine (C=N–C) groups is 1. The van der Waals surface area contributed by atoms with Gasteiger partial charge in [0.25, 0.3) is 11.8 Å². The Balaban J connectivity index is 1.27. The van der Waals surface area contributed by atoms with Gasteiger partial charge in [-0.1, -0.05) is 56.3 Å². The fraction of sp³-hybridized carbons (Fsp3) is 0.387. The molecule has 2 N–H and O–H groups in total. The molecular formula is C31H33N5O4S. The van der Waals surface area contributed by atoms with Gasteiger partial charge >= 0.3 is 0 Å². The van der Waals surface area contributed by atoms with E-state index >= 15 is 0 Å². The fourth-order valence-electron chi connectivity index (χ4n) is 6.20. The number of benzene rings is 2. The normalized spacial score (nSPS) is 24.6. The first-order valence-corrected chi connectivity index (χ1v) is 14.8. The number of amidine groups is 1. The molecule has 4 atom stereocenters. The molecule has 3 aliphatic rings. The minimum absolute atomic E-state index is 0.107. The highest BCUT2D eigenvalue weighted by Crippen LogP contribution is 2.36. The van der Waals surface area contributed by atoms with Gasteiger partial charge in [0.05, 0.1) is 28.2 Å². The second kappa shape index (κ2) is 10.2. The molecule has 4 heterocycles. The molecule has 1 saturated heterocycles. The van der Waals surface area contributed by atoms with Crippen molar-refractivity contribution in [2.24, 2.45) is 10.9 Å². The molecule has 3 aliphatic heterocycles. The Labute approximate surface area is 242 Å². The summed E-state index contributed by atoms with van der Waals surface area (Å²) in [6, 6.07) is 13.8. The molecule has 0 bridgehead atoms. The standard InChI is InChI=1S/C31H33N5O4S/c1-17(2)25(36-14-20-7-5-6-8-23(20)28(36)38)29(39)35-15-22(37)13-24(35)27-33-30(40)31(4,34-27)21-11-9-19(10-12-21)26-18(3)32-16-41-26/h5-12,16-17,22,24-25,37H,13-15H2,1-4H3,(H,33,34,40)/t22-,24?,25+,31+/m1/s1. The Morgan fingerprint density at radius 1 is 1.15 bits per heavy atom. The molecule has 0 spiro atoms. The number of thiazole rings is 1. The molecule has 0 aliphatic carbocycles. The molecule has 3 aromatic rings. The van der Waals surface area contributed by atoms with E-state index in [9.17, 15) is 19.5 Å². The lowest BCUT2D eigenvalue weighted by atomic mass is 9.91. The van der Waals surface area contributed by atoms with E-state index in [4.69, 9.17) is 4.99 Å². The number of carbonyl (C=O) groups is 3. The Morgan fingerprint density at radius 3 is 2.54 bits per heavy atom. The van der Waals surface area contributed by atoms with Crippen molar-refractivity contribution in [2.45, 2.75) is 64.4 Å². The third-order valence-corrected chi connectivity index (χ3v) is 9.41. The van der Waals surface area contributed by atoms with E-state index in [1.165, 1.54) is 0 Å². The lowest BCUT2D eigenvalue weighted by Gasteiger charge is -2.35. The summed E-state index contributed by atoms with van der Waals surface area (Å²) in [5.74, 6) is -0.500. The molecule has 3 amide bonds. The van der Waals surface area contributed by atoms with Gasteiger partial charge in [-0.2, -0.15) is 0 Å². The quantitative estimate of drug-likeness (QED) is 0.470. The monoisotopic (exact) mass is 571 g/mol. The topological polar surface area (TPSA) is 115 Å². The molecule has 10 heteroatoms. The van der Waals surface area contributed by atoms with Crippen molar-refractivity contribution < 1.29 is 19.5 Å². The van der Waals surface area contributed by atoms with E-state index in [0.29, 0.717) is 17.9 Å². The highest BCUT2D eigenvalue weighted by Gasteiger charge is 2.49. The fourth-order valence-corrected chi connectivity index (χ4v) is 7.01. The van der Waals surface area contributed by atoms with Crippen LogP contribution in [0.3, 0.4) is 0 Å². The maximum absolute atomic E-state index is 14.1. The molecule has 2 aromatic carbocycles. The second-order valence-corrected chi connectivity index (χ2v) is 12.4. The molecule has 6 rings (SSSR count). The van der Waals surface area contributed by atoms with Crippen molar-refractivity contribution >= 4 is 34.9 Å². The number of nitrogens with zero attached hydrogens (tertiary/aromatic N) is 4. The van der Waals surface area contributed by atoms with Gasteiger partial charge in [-0.3, -0.25) is 14.4 Å². The predicted molar refractivity (Wildman–Crippen MR) is 156 cm³/mol. The smallest absolute Gasteiger partial charge is 0.257 e. The Kier molecular flexibility index (Phi) is 6.78. The number of aliphatic hydroxyl groups is 1. The predicted octanol–water partition coefficient (Wildman–Crippen LogP) is 3.50. The third-order valence-electron chi connectivity index (χ3n) is 8.43. The minimum atomic E-state index is -1.18. The number of amides is 3. The van der Waals surface area contributed by atoms with Crippen LogP contribution in [0.2, 0.25) is 0 Å². The lowest BCUT2D eigenvalue weighted by molar-refractivity contribution is -0.138. The molecule has 0 radical (unpaired) electrons. The van der Waals surface area contributed by atoms with Crippen LogP contribution in [-0.4, -0.2) is 68.2 Å². The number of β-amino-alcohol motifs (C(OH)–C–C–N with tert-alkyl or cyclic N) is 1. The summed E-state index contributed by atoms with van der Waals surface area (Å²) in [5, 5.41) is 13.6. The zero-order chi connectivity index (χ0) is 29.1. The first-order chi connectivity index (χ1) is 19.6. The van der Waals surface area contributed by atoms with E-state index in [1.807, 2.05) is 68.7 Å². The molecule has 212 valence electrons. The van der Waals surface area contributed by atoms with Crippen LogP contribution in [0.25, 0.3) is 10.4 Å². The first kappa shape index (κ1) is 27.3. The maximum atomic E-state index is 14.1.